The van der Waals surface area contributed by atoms with E-state index in [-0.39, 0.29) is 11.6 Å². The van der Waals surface area contributed by atoms with Crippen LogP contribution in [0.15, 0.2) is 17.5 Å². The highest BCUT2D eigenvalue weighted by Gasteiger charge is 2.67. The molecule has 0 aliphatic heterocycles. The molecule has 1 amide bonds. The number of rotatable bonds is 4. The van der Waals surface area contributed by atoms with E-state index in [1.54, 1.807) is 11.3 Å². The molecule has 1 spiro atoms. The minimum absolute atomic E-state index is 0.0984. The van der Waals surface area contributed by atoms with E-state index < -0.39 is 0 Å². The molecule has 0 radical (unpaired) electrons. The Morgan fingerprint density at radius 3 is 2.89 bits per heavy atom. The van der Waals surface area contributed by atoms with Crippen molar-refractivity contribution in [2.75, 3.05) is 6.61 Å². The number of amides is 1. The van der Waals surface area contributed by atoms with Crippen molar-refractivity contribution in [3.63, 3.8) is 0 Å². The van der Waals surface area contributed by atoms with Gasteiger partial charge in [0.05, 0.1) is 6.61 Å². The molecule has 19 heavy (non-hydrogen) atoms. The lowest BCUT2D eigenvalue weighted by molar-refractivity contribution is -0.170. The van der Waals surface area contributed by atoms with Crippen LogP contribution in [0, 0.1) is 11.3 Å². The topological polar surface area (TPSA) is 38.3 Å². The average Bonchev–Trinajstić information content (AvgIpc) is 2.79. The lowest BCUT2D eigenvalue weighted by Gasteiger charge is -2.71. The summed E-state index contributed by atoms with van der Waals surface area (Å²) in [5, 5.41) is 5.19. The first-order chi connectivity index (χ1) is 9.17. The lowest BCUT2D eigenvalue weighted by atomic mass is 9.37. The van der Waals surface area contributed by atoms with Crippen molar-refractivity contribution >= 4 is 17.4 Å². The van der Waals surface area contributed by atoms with Gasteiger partial charge in [-0.3, -0.25) is 0 Å². The second-order valence-corrected chi connectivity index (χ2v) is 7.73. The summed E-state index contributed by atoms with van der Waals surface area (Å²) in [6.45, 7) is 0.483. The number of hydrogen-bond acceptors (Lipinski definition) is 3. The summed E-state index contributed by atoms with van der Waals surface area (Å²) in [6, 6.07) is 4.11. The third-order valence-electron chi connectivity index (χ3n) is 5.08. The van der Waals surface area contributed by atoms with Gasteiger partial charge in [-0.15, -0.1) is 11.3 Å². The second-order valence-electron chi connectivity index (χ2n) is 6.70. The molecule has 102 valence electrons. The summed E-state index contributed by atoms with van der Waals surface area (Å²) in [5.41, 5.74) is 0.717. The molecular weight excluding hydrogens is 258 g/mol. The van der Waals surface area contributed by atoms with Crippen LogP contribution in [0.25, 0.3) is 0 Å². The fraction of sp³-hybridized carbons (Fsp3) is 0.667. The van der Waals surface area contributed by atoms with E-state index in [4.69, 9.17) is 4.74 Å². The first-order valence-electron chi connectivity index (χ1n) is 7.15. The standard InChI is InChI=1S/C15H19NO2S/c17-13(18-4-3-12-2-1-5-19-12)16-15-8-11-6-14(7-11,9-15)10-15/h1-2,5,11H,3-4,6-10H2,(H,16,17). The number of hydrogen-bond donors (Lipinski definition) is 1. The van der Waals surface area contributed by atoms with Gasteiger partial charge in [-0.25, -0.2) is 4.79 Å². The zero-order chi connectivity index (χ0) is 12.9. The van der Waals surface area contributed by atoms with Crippen LogP contribution in [0.3, 0.4) is 0 Å². The minimum Gasteiger partial charge on any atom is -0.449 e. The van der Waals surface area contributed by atoms with E-state index >= 15 is 0 Å². The quantitative estimate of drug-likeness (QED) is 0.916. The van der Waals surface area contributed by atoms with Gasteiger partial charge in [0.25, 0.3) is 0 Å². The van der Waals surface area contributed by atoms with Gasteiger partial charge in [-0.2, -0.15) is 0 Å². The summed E-state index contributed by atoms with van der Waals surface area (Å²) < 4.78 is 5.31. The molecule has 0 unspecified atom stereocenters. The Labute approximate surface area is 117 Å². The maximum Gasteiger partial charge on any atom is 0.407 e. The molecule has 5 aliphatic rings. The fourth-order valence-corrected chi connectivity index (χ4v) is 5.46. The van der Waals surface area contributed by atoms with Crippen LogP contribution in [0.4, 0.5) is 4.79 Å². The van der Waals surface area contributed by atoms with E-state index in [1.807, 2.05) is 6.07 Å². The summed E-state index contributed by atoms with van der Waals surface area (Å²) in [5.74, 6) is 0.869. The predicted octanol–water partition coefficient (Wildman–Crippen LogP) is 3.35. The molecule has 0 aromatic carbocycles. The fourth-order valence-electron chi connectivity index (χ4n) is 4.77. The molecule has 1 heterocycles. The molecule has 0 saturated heterocycles. The maximum atomic E-state index is 11.9. The molecular formula is C15H19NO2S. The molecule has 3 nitrogen and oxygen atoms in total. The van der Waals surface area contributed by atoms with Crippen LogP contribution < -0.4 is 5.32 Å². The maximum absolute atomic E-state index is 11.9. The average molecular weight is 277 g/mol. The van der Waals surface area contributed by atoms with Gasteiger partial charge in [-0.05, 0) is 54.9 Å². The van der Waals surface area contributed by atoms with E-state index in [2.05, 4.69) is 16.8 Å². The Hall–Kier alpha value is -1.03. The molecule has 5 saturated carbocycles. The Balaban J connectivity index is 1.24. The largest absolute Gasteiger partial charge is 0.449 e. The number of ether oxygens (including phenoxy) is 1. The van der Waals surface area contributed by atoms with E-state index in [0.29, 0.717) is 12.0 Å². The van der Waals surface area contributed by atoms with Crippen molar-refractivity contribution in [2.45, 2.75) is 44.1 Å². The van der Waals surface area contributed by atoms with Crippen LogP contribution in [0.2, 0.25) is 0 Å². The Kier molecular flexibility index (Phi) is 2.47. The Bertz CT molecular complexity index is 477. The van der Waals surface area contributed by atoms with Crippen LogP contribution >= 0.6 is 11.3 Å². The molecule has 1 aromatic heterocycles. The molecule has 5 fully saturated rings. The SMILES string of the molecule is O=C(NC12CC3CC(C3)(C1)C2)OCCc1cccs1. The highest BCUT2D eigenvalue weighted by atomic mass is 32.1. The van der Waals surface area contributed by atoms with Crippen molar-refractivity contribution in [2.24, 2.45) is 11.3 Å². The lowest BCUT2D eigenvalue weighted by Crippen LogP contribution is -2.71. The summed E-state index contributed by atoms with van der Waals surface area (Å²) in [4.78, 5) is 13.1. The van der Waals surface area contributed by atoms with Gasteiger partial charge in [0.15, 0.2) is 0 Å². The normalized spacial score (nSPS) is 38.0. The van der Waals surface area contributed by atoms with E-state index in [1.165, 1.54) is 37.0 Å². The summed E-state index contributed by atoms with van der Waals surface area (Å²) in [7, 11) is 0. The first-order valence-corrected chi connectivity index (χ1v) is 8.02. The monoisotopic (exact) mass is 277 g/mol. The zero-order valence-electron chi connectivity index (χ0n) is 11.0. The smallest absolute Gasteiger partial charge is 0.407 e. The molecule has 6 rings (SSSR count). The molecule has 5 aliphatic carbocycles. The van der Waals surface area contributed by atoms with Crippen LogP contribution in [-0.2, 0) is 11.2 Å². The minimum atomic E-state index is -0.215. The number of carbonyl (C=O) groups is 1. The molecule has 3 bridgehead atoms. The summed E-state index contributed by atoms with van der Waals surface area (Å²) in [6.07, 6.45) is 6.98. The number of alkyl carbamates (subject to hydrolysis) is 1. The van der Waals surface area contributed by atoms with E-state index in [9.17, 15) is 4.79 Å². The van der Waals surface area contributed by atoms with Gasteiger partial charge in [-0.1, -0.05) is 6.07 Å². The van der Waals surface area contributed by atoms with Crippen LogP contribution in [0.1, 0.15) is 37.0 Å². The number of carbonyl (C=O) groups excluding carboxylic acids is 1. The van der Waals surface area contributed by atoms with Gasteiger partial charge in [0.2, 0.25) is 0 Å². The van der Waals surface area contributed by atoms with Crippen molar-refractivity contribution < 1.29 is 9.53 Å². The highest BCUT2D eigenvalue weighted by Crippen LogP contribution is 2.71. The third kappa shape index (κ3) is 1.97. The van der Waals surface area contributed by atoms with Crippen LogP contribution in [0.5, 0.6) is 0 Å². The van der Waals surface area contributed by atoms with Crippen molar-refractivity contribution in [3.8, 4) is 0 Å². The Morgan fingerprint density at radius 2 is 2.26 bits per heavy atom. The van der Waals surface area contributed by atoms with E-state index in [0.717, 1.165) is 12.3 Å². The van der Waals surface area contributed by atoms with Gasteiger partial charge in [0, 0.05) is 16.8 Å². The van der Waals surface area contributed by atoms with Gasteiger partial charge >= 0.3 is 6.09 Å². The zero-order valence-corrected chi connectivity index (χ0v) is 11.8. The van der Waals surface area contributed by atoms with Crippen molar-refractivity contribution in [3.05, 3.63) is 22.4 Å². The number of nitrogens with one attached hydrogen (secondary N) is 1. The van der Waals surface area contributed by atoms with Crippen molar-refractivity contribution in [1.29, 1.82) is 0 Å². The highest BCUT2D eigenvalue weighted by molar-refractivity contribution is 7.09. The third-order valence-corrected chi connectivity index (χ3v) is 6.01. The molecule has 0 atom stereocenters. The van der Waals surface area contributed by atoms with Gasteiger partial charge < -0.3 is 10.1 Å². The van der Waals surface area contributed by atoms with Crippen LogP contribution in [-0.4, -0.2) is 18.2 Å². The molecule has 1 aromatic rings. The summed E-state index contributed by atoms with van der Waals surface area (Å²) >= 11 is 1.71. The first kappa shape index (κ1) is 11.8. The Morgan fingerprint density at radius 1 is 1.42 bits per heavy atom. The molecule has 1 N–H and O–H groups in total. The second kappa shape index (κ2) is 3.98. The number of thiophene rings is 1. The van der Waals surface area contributed by atoms with Gasteiger partial charge in [0.1, 0.15) is 0 Å². The predicted molar refractivity (Wildman–Crippen MR) is 74.2 cm³/mol. The van der Waals surface area contributed by atoms with Crippen molar-refractivity contribution in [1.82, 2.24) is 5.32 Å². The molecule has 4 heteroatoms.